The summed E-state index contributed by atoms with van der Waals surface area (Å²) in [6.07, 6.45) is 8.09. The first-order valence-electron chi connectivity index (χ1n) is 10.4. The molecule has 0 radical (unpaired) electrons. The molecule has 1 aliphatic carbocycles. The highest BCUT2D eigenvalue weighted by Gasteiger charge is 2.43. The van der Waals surface area contributed by atoms with Gasteiger partial charge in [0.15, 0.2) is 11.5 Å². The molecule has 1 fully saturated rings. The standard InChI is InChI=1S/C22H32O6/c1-21(14-23,15-24)16-26-19(25)11-4-3-8-17-9-7-10-18-20(17)28-22(27-18)12-5-2-6-13-22/h7,9-10,23-24H,2-6,8,11-16H2,1H3. The molecule has 2 aliphatic rings. The Morgan fingerprint density at radius 2 is 1.89 bits per heavy atom. The predicted molar refractivity (Wildman–Crippen MR) is 104 cm³/mol. The molecule has 6 nitrogen and oxygen atoms in total. The molecule has 1 spiro atoms. The molecule has 1 aromatic rings. The lowest BCUT2D eigenvalue weighted by Gasteiger charge is -2.31. The molecule has 1 aliphatic heterocycles. The van der Waals surface area contributed by atoms with E-state index in [2.05, 4.69) is 6.07 Å². The molecule has 0 unspecified atom stereocenters. The van der Waals surface area contributed by atoms with Crippen molar-refractivity contribution in [1.82, 2.24) is 0 Å². The van der Waals surface area contributed by atoms with E-state index in [4.69, 9.17) is 14.2 Å². The predicted octanol–water partition coefficient (Wildman–Crippen LogP) is 3.37. The van der Waals surface area contributed by atoms with Crippen LogP contribution in [0.15, 0.2) is 18.2 Å². The van der Waals surface area contributed by atoms with Gasteiger partial charge in [0.05, 0.1) is 13.2 Å². The number of fused-ring (bicyclic) bond motifs is 1. The quantitative estimate of drug-likeness (QED) is 0.495. The van der Waals surface area contributed by atoms with Crippen molar-refractivity contribution in [3.8, 4) is 11.5 Å². The molecular formula is C22H32O6. The normalized spacial score (nSPS) is 17.7. The smallest absolute Gasteiger partial charge is 0.305 e. The maximum absolute atomic E-state index is 11.9. The molecule has 156 valence electrons. The summed E-state index contributed by atoms with van der Waals surface area (Å²) in [5, 5.41) is 18.5. The van der Waals surface area contributed by atoms with E-state index in [1.807, 2.05) is 12.1 Å². The second kappa shape index (κ2) is 9.14. The Morgan fingerprint density at radius 1 is 1.14 bits per heavy atom. The minimum absolute atomic E-state index is 0.0261. The third-order valence-corrected chi connectivity index (χ3v) is 5.68. The average molecular weight is 392 g/mol. The summed E-state index contributed by atoms with van der Waals surface area (Å²) in [5.41, 5.74) is 0.341. The van der Waals surface area contributed by atoms with Gasteiger partial charge in [0, 0.05) is 24.7 Å². The van der Waals surface area contributed by atoms with E-state index in [0.717, 1.165) is 55.6 Å². The van der Waals surface area contributed by atoms with E-state index < -0.39 is 11.2 Å². The Bertz CT molecular complexity index is 661. The number of aryl methyl sites for hydroxylation is 1. The third kappa shape index (κ3) is 4.97. The van der Waals surface area contributed by atoms with Gasteiger partial charge in [-0.3, -0.25) is 4.79 Å². The first kappa shape index (κ1) is 20.9. The average Bonchev–Trinajstić information content (AvgIpc) is 3.08. The summed E-state index contributed by atoms with van der Waals surface area (Å²) >= 11 is 0. The van der Waals surface area contributed by atoms with Gasteiger partial charge in [-0.1, -0.05) is 25.5 Å². The zero-order valence-corrected chi connectivity index (χ0v) is 16.7. The molecule has 1 heterocycles. The highest BCUT2D eigenvalue weighted by Crippen LogP contribution is 2.47. The molecule has 0 atom stereocenters. The first-order valence-corrected chi connectivity index (χ1v) is 10.4. The summed E-state index contributed by atoms with van der Waals surface area (Å²) < 4.78 is 17.6. The van der Waals surface area contributed by atoms with Gasteiger partial charge in [-0.2, -0.15) is 0 Å². The van der Waals surface area contributed by atoms with Gasteiger partial charge < -0.3 is 24.4 Å². The number of unbranched alkanes of at least 4 members (excludes halogenated alkanes) is 1. The molecule has 0 aromatic heterocycles. The van der Waals surface area contributed by atoms with E-state index in [1.165, 1.54) is 6.42 Å². The molecule has 0 bridgehead atoms. The van der Waals surface area contributed by atoms with Crippen LogP contribution in [-0.4, -0.2) is 41.8 Å². The number of aliphatic hydroxyl groups is 2. The molecule has 28 heavy (non-hydrogen) atoms. The van der Waals surface area contributed by atoms with E-state index in [9.17, 15) is 15.0 Å². The minimum Gasteiger partial charge on any atom is -0.465 e. The van der Waals surface area contributed by atoms with Crippen molar-refractivity contribution >= 4 is 5.97 Å². The van der Waals surface area contributed by atoms with Crippen LogP contribution in [0, 0.1) is 5.41 Å². The van der Waals surface area contributed by atoms with Crippen molar-refractivity contribution in [3.05, 3.63) is 23.8 Å². The number of carbonyl (C=O) groups is 1. The third-order valence-electron chi connectivity index (χ3n) is 5.68. The van der Waals surface area contributed by atoms with Crippen LogP contribution in [0.5, 0.6) is 11.5 Å². The van der Waals surface area contributed by atoms with Gasteiger partial charge in [0.25, 0.3) is 5.79 Å². The number of hydrogen-bond acceptors (Lipinski definition) is 6. The Kier molecular flexibility index (Phi) is 6.83. The number of carbonyl (C=O) groups excluding carboxylic acids is 1. The molecule has 6 heteroatoms. The summed E-state index contributed by atoms with van der Waals surface area (Å²) in [7, 11) is 0. The summed E-state index contributed by atoms with van der Waals surface area (Å²) in [6.45, 7) is 1.26. The van der Waals surface area contributed by atoms with E-state index in [1.54, 1.807) is 6.92 Å². The van der Waals surface area contributed by atoms with Gasteiger partial charge in [-0.25, -0.2) is 0 Å². The van der Waals surface area contributed by atoms with Gasteiger partial charge in [-0.05, 0) is 43.7 Å². The van der Waals surface area contributed by atoms with Crippen molar-refractivity contribution in [1.29, 1.82) is 0 Å². The number of benzene rings is 1. The van der Waals surface area contributed by atoms with Crippen LogP contribution < -0.4 is 9.47 Å². The van der Waals surface area contributed by atoms with Gasteiger partial charge in [-0.15, -0.1) is 0 Å². The van der Waals surface area contributed by atoms with Crippen LogP contribution >= 0.6 is 0 Å². The first-order chi connectivity index (χ1) is 13.5. The SMILES string of the molecule is CC(CO)(CO)COC(=O)CCCCc1cccc2c1OC1(CCCCC1)O2. The number of esters is 1. The van der Waals surface area contributed by atoms with E-state index in [-0.39, 0.29) is 25.8 Å². The number of aliphatic hydroxyl groups excluding tert-OH is 2. The largest absolute Gasteiger partial charge is 0.465 e. The highest BCUT2D eigenvalue weighted by molar-refractivity contribution is 5.69. The lowest BCUT2D eigenvalue weighted by molar-refractivity contribution is -0.149. The minimum atomic E-state index is -0.785. The van der Waals surface area contributed by atoms with Crippen molar-refractivity contribution in [2.45, 2.75) is 70.5 Å². The van der Waals surface area contributed by atoms with Crippen LogP contribution in [0.4, 0.5) is 0 Å². The highest BCUT2D eigenvalue weighted by atomic mass is 16.7. The lowest BCUT2D eigenvalue weighted by Crippen LogP contribution is -2.40. The van der Waals surface area contributed by atoms with Crippen LogP contribution in [0.1, 0.15) is 63.9 Å². The van der Waals surface area contributed by atoms with Crippen LogP contribution in [0.3, 0.4) is 0 Å². The fourth-order valence-electron chi connectivity index (χ4n) is 3.71. The Balaban J connectivity index is 1.44. The number of para-hydroxylation sites is 1. The lowest BCUT2D eigenvalue weighted by atomic mass is 9.94. The van der Waals surface area contributed by atoms with Crippen LogP contribution in [-0.2, 0) is 16.0 Å². The molecule has 2 N–H and O–H groups in total. The molecule has 3 rings (SSSR count). The van der Waals surface area contributed by atoms with Gasteiger partial charge >= 0.3 is 5.97 Å². The van der Waals surface area contributed by atoms with Gasteiger partial charge in [0.2, 0.25) is 0 Å². The van der Waals surface area contributed by atoms with Crippen molar-refractivity contribution < 1.29 is 29.2 Å². The fourth-order valence-corrected chi connectivity index (χ4v) is 3.71. The second-order valence-corrected chi connectivity index (χ2v) is 8.41. The number of ether oxygens (including phenoxy) is 3. The number of rotatable bonds is 9. The van der Waals surface area contributed by atoms with Crippen molar-refractivity contribution in [2.24, 2.45) is 5.41 Å². The Morgan fingerprint density at radius 3 is 2.61 bits per heavy atom. The Hall–Kier alpha value is -1.79. The van der Waals surface area contributed by atoms with E-state index in [0.29, 0.717) is 12.8 Å². The van der Waals surface area contributed by atoms with Crippen LogP contribution in [0.2, 0.25) is 0 Å². The van der Waals surface area contributed by atoms with Crippen molar-refractivity contribution in [2.75, 3.05) is 19.8 Å². The maximum atomic E-state index is 11.9. The maximum Gasteiger partial charge on any atom is 0.305 e. The second-order valence-electron chi connectivity index (χ2n) is 8.41. The zero-order valence-electron chi connectivity index (χ0n) is 16.7. The molecule has 0 saturated heterocycles. The fraction of sp³-hybridized carbons (Fsp3) is 0.682. The number of hydrogen-bond donors (Lipinski definition) is 2. The Labute approximate surface area is 166 Å². The zero-order chi connectivity index (χ0) is 20.0. The monoisotopic (exact) mass is 392 g/mol. The molecule has 1 aromatic carbocycles. The summed E-state index contributed by atoms with van der Waals surface area (Å²) in [4.78, 5) is 11.9. The van der Waals surface area contributed by atoms with Gasteiger partial charge in [0.1, 0.15) is 6.61 Å². The van der Waals surface area contributed by atoms with E-state index >= 15 is 0 Å². The molecule has 1 saturated carbocycles. The topological polar surface area (TPSA) is 85.2 Å². The van der Waals surface area contributed by atoms with Crippen molar-refractivity contribution in [3.63, 3.8) is 0 Å². The summed E-state index contributed by atoms with van der Waals surface area (Å²) in [5.74, 6) is 0.943. The molecular weight excluding hydrogens is 360 g/mol. The van der Waals surface area contributed by atoms with Crippen LogP contribution in [0.25, 0.3) is 0 Å². The molecule has 0 amide bonds. The summed E-state index contributed by atoms with van der Waals surface area (Å²) in [6, 6.07) is 6.04.